The summed E-state index contributed by atoms with van der Waals surface area (Å²) < 4.78 is 7.81. The van der Waals surface area contributed by atoms with Crippen LogP contribution in [0.5, 0.6) is 11.5 Å². The zero-order valence-corrected chi connectivity index (χ0v) is 18.6. The van der Waals surface area contributed by atoms with Gasteiger partial charge >= 0.3 is 196 Å². The first-order chi connectivity index (χ1) is 16.2. The monoisotopic (exact) mass is 477 g/mol. The van der Waals surface area contributed by atoms with E-state index in [9.17, 15) is 5.11 Å². The average Bonchev–Trinajstić information content (AvgIpc) is 3.51. The van der Waals surface area contributed by atoms with E-state index in [0.717, 1.165) is 9.92 Å². The van der Waals surface area contributed by atoms with Gasteiger partial charge in [0.2, 0.25) is 0 Å². The number of aliphatic hydroxyl groups excluding tert-OH is 2. The summed E-state index contributed by atoms with van der Waals surface area (Å²) in [5.74, 6) is 1.25. The number of H-pyrrole nitrogens is 1. The van der Waals surface area contributed by atoms with E-state index in [1.165, 1.54) is 29.3 Å². The second kappa shape index (κ2) is 9.62. The third-order valence-electron chi connectivity index (χ3n) is 4.44. The predicted molar refractivity (Wildman–Crippen MR) is 123 cm³/mol. The molecule has 1 atom stereocenters. The van der Waals surface area contributed by atoms with Crippen molar-refractivity contribution in [1.82, 2.24) is 29.5 Å². The molecule has 0 aliphatic carbocycles. The fourth-order valence-corrected chi connectivity index (χ4v) is 4.44. The van der Waals surface area contributed by atoms with Gasteiger partial charge in [0.15, 0.2) is 0 Å². The summed E-state index contributed by atoms with van der Waals surface area (Å²) >= 11 is 2.73. The molecule has 5 rings (SSSR count). The molecule has 0 fully saturated rings. The van der Waals surface area contributed by atoms with E-state index >= 15 is 0 Å². The van der Waals surface area contributed by atoms with E-state index in [-0.39, 0.29) is 6.61 Å². The number of nitrogens with zero attached hydrogens (tertiary/aromatic N) is 6. The molecule has 33 heavy (non-hydrogen) atoms. The van der Waals surface area contributed by atoms with Gasteiger partial charge in [-0.2, -0.15) is 0 Å². The number of fused-ring (bicyclic) bond motifs is 1. The fourth-order valence-electron chi connectivity index (χ4n) is 2.90. The van der Waals surface area contributed by atoms with Crippen LogP contribution in [0.3, 0.4) is 0 Å². The number of aromatic amines is 1. The topological polar surface area (TPSA) is 134 Å². The second-order valence-electron chi connectivity index (χ2n) is 6.70. The molecule has 1 unspecified atom stereocenters. The summed E-state index contributed by atoms with van der Waals surface area (Å²) in [6, 6.07) is 11.1. The van der Waals surface area contributed by atoms with Gasteiger partial charge in [-0.25, -0.2) is 0 Å². The third kappa shape index (κ3) is 4.85. The van der Waals surface area contributed by atoms with Crippen LogP contribution in [-0.2, 0) is 0 Å². The van der Waals surface area contributed by atoms with Crippen molar-refractivity contribution >= 4 is 40.6 Å². The van der Waals surface area contributed by atoms with E-state index in [0.29, 0.717) is 33.4 Å². The number of pyridine rings is 3. The maximum absolute atomic E-state index is 9.83. The van der Waals surface area contributed by atoms with Gasteiger partial charge in [-0.1, -0.05) is 0 Å². The molecule has 0 saturated carbocycles. The van der Waals surface area contributed by atoms with Crippen molar-refractivity contribution in [3.8, 4) is 11.5 Å². The van der Waals surface area contributed by atoms with Crippen LogP contribution in [0.25, 0.3) is 5.65 Å². The zero-order valence-electron chi connectivity index (χ0n) is 16.9. The number of aliphatic hydroxyl groups is 2. The van der Waals surface area contributed by atoms with Crippen molar-refractivity contribution in [3.05, 3.63) is 71.7 Å². The Bertz CT molecular complexity index is 1450. The Hall–Kier alpha value is -3.39. The van der Waals surface area contributed by atoms with Crippen molar-refractivity contribution in [1.29, 1.82) is 0 Å². The predicted octanol–water partition coefficient (Wildman–Crippen LogP) is 2.45. The molecule has 0 saturated heterocycles. The number of hydrogen-bond acceptors (Lipinski definition) is 10. The first-order valence-electron chi connectivity index (χ1n) is 9.76. The Morgan fingerprint density at radius 3 is 3.00 bits per heavy atom. The first-order valence-corrected chi connectivity index (χ1v) is 11.5. The summed E-state index contributed by atoms with van der Waals surface area (Å²) in [5, 5.41) is 24.0. The van der Waals surface area contributed by atoms with E-state index in [4.69, 9.17) is 9.84 Å². The van der Waals surface area contributed by atoms with Crippen molar-refractivity contribution in [2.24, 2.45) is 4.99 Å². The molecule has 0 aliphatic rings. The van der Waals surface area contributed by atoms with E-state index in [2.05, 4.69) is 30.0 Å². The van der Waals surface area contributed by atoms with Crippen molar-refractivity contribution in [2.75, 3.05) is 6.61 Å². The SMILES string of the molecule is OCC(O)c1bs/c(=N\c2ncc(Sc3ccccn3)cc2Oc2cccn3ncnc23)[nH]1. The number of hydrogen-bond donors (Lipinski definition) is 3. The molecular weight excluding hydrogens is 461 g/mol. The van der Waals surface area contributed by atoms with E-state index in [1.807, 2.05) is 30.3 Å². The number of rotatable bonds is 7. The molecule has 3 N–H and O–H groups in total. The molecule has 0 aromatic carbocycles. The molecule has 0 spiro atoms. The fraction of sp³-hybridized carbons (Fsp3) is 0.100. The van der Waals surface area contributed by atoms with Crippen LogP contribution in [0.2, 0.25) is 0 Å². The number of nitrogens with one attached hydrogen (secondary N) is 1. The van der Waals surface area contributed by atoms with Crippen LogP contribution in [-0.4, -0.2) is 52.5 Å². The normalized spacial score (nSPS) is 12.7. The minimum atomic E-state index is -1.00. The van der Waals surface area contributed by atoms with Crippen molar-refractivity contribution < 1.29 is 14.9 Å². The Labute approximate surface area is 195 Å². The summed E-state index contributed by atoms with van der Waals surface area (Å²) in [5.41, 5.74) is 1.03. The molecule has 0 aliphatic heterocycles. The van der Waals surface area contributed by atoms with Crippen LogP contribution < -0.4 is 9.54 Å². The van der Waals surface area contributed by atoms with Gasteiger partial charge in [0.25, 0.3) is 0 Å². The Morgan fingerprint density at radius 1 is 1.21 bits per heavy atom. The van der Waals surface area contributed by atoms with Crippen molar-refractivity contribution in [2.45, 2.75) is 16.0 Å². The van der Waals surface area contributed by atoms with Gasteiger partial charge in [-0.05, 0) is 0 Å². The Kier molecular flexibility index (Phi) is 6.26. The average molecular weight is 477 g/mol. The van der Waals surface area contributed by atoms with E-state index < -0.39 is 6.10 Å². The van der Waals surface area contributed by atoms with E-state index in [1.54, 1.807) is 35.3 Å². The van der Waals surface area contributed by atoms with Crippen LogP contribution in [0.15, 0.2) is 76.2 Å². The Morgan fingerprint density at radius 2 is 2.15 bits per heavy atom. The molecule has 5 aromatic rings. The van der Waals surface area contributed by atoms with Crippen LogP contribution in [0.1, 0.15) is 11.7 Å². The summed E-state index contributed by atoms with van der Waals surface area (Å²) in [4.78, 5) is 22.0. The van der Waals surface area contributed by atoms with Crippen LogP contribution >= 0.6 is 22.9 Å². The van der Waals surface area contributed by atoms with Gasteiger partial charge < -0.3 is 0 Å². The first kappa shape index (κ1) is 21.5. The molecule has 5 heterocycles. The molecule has 5 aromatic heterocycles. The molecule has 0 amide bonds. The Balaban J connectivity index is 1.55. The number of aromatic nitrogens is 6. The molecular formula is C20H16BN7O3S2. The second-order valence-corrected chi connectivity index (χ2v) is 8.65. The van der Waals surface area contributed by atoms with Crippen LogP contribution in [0.4, 0.5) is 5.82 Å². The van der Waals surface area contributed by atoms with Gasteiger partial charge in [0.1, 0.15) is 0 Å². The maximum atomic E-state index is 9.83. The standard InChI is InChI=1S/C20H16BN7O3S2/c29-10-13(30)17-21-33-20(26-17)27-18-15(31-14-4-3-7-28-19(14)24-11-25-28)8-12(9-23-18)32-16-5-1-2-6-22-16/h1-9,11,13,29-30H,10H2,(H,23,26,27). The molecule has 10 nitrogen and oxygen atoms in total. The number of ether oxygens (including phenoxy) is 1. The van der Waals surface area contributed by atoms with Gasteiger partial charge in [0, 0.05) is 0 Å². The zero-order chi connectivity index (χ0) is 22.6. The van der Waals surface area contributed by atoms with Crippen molar-refractivity contribution in [3.63, 3.8) is 0 Å². The molecule has 0 bridgehead atoms. The van der Waals surface area contributed by atoms with Gasteiger partial charge in [-0.3, -0.25) is 0 Å². The van der Waals surface area contributed by atoms with Crippen LogP contribution in [0, 0.1) is 0 Å². The van der Waals surface area contributed by atoms with Gasteiger partial charge in [0.05, 0.1) is 0 Å². The molecule has 13 heteroatoms. The molecule has 164 valence electrons. The molecule has 0 radical (unpaired) electrons. The quantitative estimate of drug-likeness (QED) is 0.326. The summed E-state index contributed by atoms with van der Waals surface area (Å²) in [6.07, 6.45) is 7.35. The van der Waals surface area contributed by atoms with Gasteiger partial charge in [-0.15, -0.1) is 0 Å². The minimum absolute atomic E-state index is 0.338. The summed E-state index contributed by atoms with van der Waals surface area (Å²) in [7, 11) is 0. The third-order valence-corrected chi connectivity index (χ3v) is 6.14. The summed E-state index contributed by atoms with van der Waals surface area (Å²) in [6.45, 7) is -0.388.